The van der Waals surface area contributed by atoms with E-state index in [9.17, 15) is 9.18 Å². The molecule has 1 amide bonds. The number of halogens is 1. The van der Waals surface area contributed by atoms with Crippen LogP contribution in [0.3, 0.4) is 0 Å². The van der Waals surface area contributed by atoms with Crippen LogP contribution >= 0.6 is 0 Å². The maximum Gasteiger partial charge on any atom is 0.254 e. The molecule has 0 spiro atoms. The highest BCUT2D eigenvalue weighted by molar-refractivity contribution is 5.94. The fourth-order valence-electron chi connectivity index (χ4n) is 4.01. The van der Waals surface area contributed by atoms with E-state index in [1.54, 1.807) is 17.0 Å². The first-order valence-corrected chi connectivity index (χ1v) is 8.53. The summed E-state index contributed by atoms with van der Waals surface area (Å²) < 4.78 is 13.3. The SMILES string of the molecule is CC1CCCC([NH+]2CCN(C(=O)c3cccc(F)c3)CC2)C1. The van der Waals surface area contributed by atoms with Crippen LogP contribution < -0.4 is 4.90 Å². The average molecular weight is 305 g/mol. The molecule has 2 aliphatic rings. The molecule has 1 saturated heterocycles. The molecule has 1 heterocycles. The molecule has 2 atom stereocenters. The minimum atomic E-state index is -0.341. The largest absolute Gasteiger partial charge is 0.330 e. The highest BCUT2D eigenvalue weighted by Crippen LogP contribution is 2.22. The average Bonchev–Trinajstić information content (AvgIpc) is 2.54. The lowest BCUT2D eigenvalue weighted by atomic mass is 9.86. The Labute approximate surface area is 132 Å². The number of hydrogen-bond acceptors (Lipinski definition) is 1. The van der Waals surface area contributed by atoms with Crippen LogP contribution in [0.2, 0.25) is 0 Å². The highest BCUT2D eigenvalue weighted by Gasteiger charge is 2.32. The van der Waals surface area contributed by atoms with E-state index in [-0.39, 0.29) is 11.7 Å². The van der Waals surface area contributed by atoms with Crippen molar-refractivity contribution < 1.29 is 14.1 Å². The van der Waals surface area contributed by atoms with Crippen LogP contribution in [0.1, 0.15) is 43.0 Å². The summed E-state index contributed by atoms with van der Waals surface area (Å²) in [5.41, 5.74) is 0.467. The predicted octanol–water partition coefficient (Wildman–Crippen LogP) is 1.75. The molecule has 120 valence electrons. The van der Waals surface area contributed by atoms with Crippen molar-refractivity contribution >= 4 is 5.91 Å². The van der Waals surface area contributed by atoms with Gasteiger partial charge < -0.3 is 9.80 Å². The van der Waals surface area contributed by atoms with Gasteiger partial charge in [0.15, 0.2) is 0 Å². The van der Waals surface area contributed by atoms with Gasteiger partial charge in [-0.05, 0) is 37.0 Å². The summed E-state index contributed by atoms with van der Waals surface area (Å²) >= 11 is 0. The van der Waals surface area contributed by atoms with Crippen molar-refractivity contribution in [2.45, 2.75) is 38.6 Å². The van der Waals surface area contributed by atoms with Gasteiger partial charge in [-0.25, -0.2) is 4.39 Å². The lowest BCUT2D eigenvalue weighted by Gasteiger charge is -2.39. The second-order valence-electron chi connectivity index (χ2n) is 6.93. The summed E-state index contributed by atoms with van der Waals surface area (Å²) in [6, 6.07) is 6.80. The van der Waals surface area contributed by atoms with Gasteiger partial charge in [0.2, 0.25) is 0 Å². The zero-order valence-corrected chi connectivity index (χ0v) is 13.4. The van der Waals surface area contributed by atoms with Gasteiger partial charge in [0.1, 0.15) is 5.82 Å². The summed E-state index contributed by atoms with van der Waals surface area (Å²) in [5.74, 6) is 0.472. The summed E-state index contributed by atoms with van der Waals surface area (Å²) in [4.78, 5) is 16.0. The molecule has 1 aromatic rings. The molecular formula is C18H26FN2O+. The van der Waals surface area contributed by atoms with Crippen LogP contribution in [0.4, 0.5) is 4.39 Å². The van der Waals surface area contributed by atoms with Crippen molar-refractivity contribution in [2.75, 3.05) is 26.2 Å². The minimum absolute atomic E-state index is 0.0319. The van der Waals surface area contributed by atoms with E-state index in [4.69, 9.17) is 0 Å². The lowest BCUT2D eigenvalue weighted by Crippen LogP contribution is -3.18. The van der Waals surface area contributed by atoms with Crippen molar-refractivity contribution in [3.05, 3.63) is 35.6 Å². The number of carbonyl (C=O) groups is 1. The molecule has 4 heteroatoms. The number of carbonyl (C=O) groups excluding carboxylic acids is 1. The van der Waals surface area contributed by atoms with Gasteiger partial charge in [-0.2, -0.15) is 0 Å². The maximum absolute atomic E-state index is 13.3. The zero-order chi connectivity index (χ0) is 15.5. The minimum Gasteiger partial charge on any atom is -0.330 e. The number of rotatable bonds is 2. The molecule has 0 aromatic heterocycles. The number of hydrogen-bond donors (Lipinski definition) is 1. The Morgan fingerprint density at radius 3 is 2.73 bits per heavy atom. The summed E-state index contributed by atoms with van der Waals surface area (Å²) in [6.07, 6.45) is 5.37. The third kappa shape index (κ3) is 3.49. The number of nitrogens with one attached hydrogen (secondary N) is 1. The molecule has 22 heavy (non-hydrogen) atoms. The molecule has 1 aromatic carbocycles. The summed E-state index contributed by atoms with van der Waals surface area (Å²) in [7, 11) is 0. The molecule has 1 saturated carbocycles. The van der Waals surface area contributed by atoms with Crippen molar-refractivity contribution in [1.29, 1.82) is 0 Å². The van der Waals surface area contributed by atoms with Gasteiger partial charge in [0.05, 0.1) is 32.2 Å². The predicted molar refractivity (Wildman–Crippen MR) is 84.4 cm³/mol. The Morgan fingerprint density at radius 2 is 2.05 bits per heavy atom. The Balaban J connectivity index is 1.56. The maximum atomic E-state index is 13.3. The summed E-state index contributed by atoms with van der Waals surface area (Å²) in [6.45, 7) is 5.98. The van der Waals surface area contributed by atoms with Gasteiger partial charge in [-0.1, -0.05) is 19.4 Å². The number of benzene rings is 1. The van der Waals surface area contributed by atoms with Crippen molar-refractivity contribution in [2.24, 2.45) is 5.92 Å². The van der Waals surface area contributed by atoms with Gasteiger partial charge in [0.25, 0.3) is 5.91 Å². The van der Waals surface area contributed by atoms with Crippen LogP contribution in [0, 0.1) is 11.7 Å². The molecule has 1 N–H and O–H groups in total. The molecule has 3 rings (SSSR count). The number of amides is 1. The number of piperazine rings is 1. The Hall–Kier alpha value is -1.42. The first-order valence-electron chi connectivity index (χ1n) is 8.53. The van der Waals surface area contributed by atoms with Crippen LogP contribution in [-0.4, -0.2) is 43.0 Å². The Kier molecular flexibility index (Phi) is 4.77. The molecular weight excluding hydrogens is 279 g/mol. The van der Waals surface area contributed by atoms with E-state index in [1.807, 2.05) is 4.90 Å². The van der Waals surface area contributed by atoms with Crippen molar-refractivity contribution in [3.8, 4) is 0 Å². The monoisotopic (exact) mass is 305 g/mol. The third-order valence-electron chi connectivity index (χ3n) is 5.28. The van der Waals surface area contributed by atoms with E-state index >= 15 is 0 Å². The van der Waals surface area contributed by atoms with E-state index in [0.717, 1.165) is 38.1 Å². The molecule has 2 fully saturated rings. The fraction of sp³-hybridized carbons (Fsp3) is 0.611. The van der Waals surface area contributed by atoms with Crippen LogP contribution in [-0.2, 0) is 0 Å². The van der Waals surface area contributed by atoms with Gasteiger partial charge in [0, 0.05) is 12.0 Å². The third-order valence-corrected chi connectivity index (χ3v) is 5.28. The number of quaternary nitrogens is 1. The van der Waals surface area contributed by atoms with Gasteiger partial charge in [-0.15, -0.1) is 0 Å². The fourth-order valence-corrected chi connectivity index (χ4v) is 4.01. The first-order chi connectivity index (χ1) is 10.6. The topological polar surface area (TPSA) is 24.8 Å². The van der Waals surface area contributed by atoms with Gasteiger partial charge >= 0.3 is 0 Å². The van der Waals surface area contributed by atoms with E-state index in [2.05, 4.69) is 6.92 Å². The van der Waals surface area contributed by atoms with Gasteiger partial charge in [-0.3, -0.25) is 4.79 Å². The highest BCUT2D eigenvalue weighted by atomic mass is 19.1. The van der Waals surface area contributed by atoms with E-state index in [1.165, 1.54) is 37.8 Å². The molecule has 1 aliphatic carbocycles. The smallest absolute Gasteiger partial charge is 0.254 e. The molecule has 1 aliphatic heterocycles. The number of nitrogens with zero attached hydrogens (tertiary/aromatic N) is 1. The van der Waals surface area contributed by atoms with Crippen LogP contribution in [0.5, 0.6) is 0 Å². The zero-order valence-electron chi connectivity index (χ0n) is 13.4. The van der Waals surface area contributed by atoms with Crippen molar-refractivity contribution in [3.63, 3.8) is 0 Å². The molecule has 3 nitrogen and oxygen atoms in total. The van der Waals surface area contributed by atoms with Crippen LogP contribution in [0.15, 0.2) is 24.3 Å². The van der Waals surface area contributed by atoms with E-state index < -0.39 is 0 Å². The normalized spacial score (nSPS) is 26.9. The van der Waals surface area contributed by atoms with Crippen molar-refractivity contribution in [1.82, 2.24) is 4.90 Å². The Morgan fingerprint density at radius 1 is 1.27 bits per heavy atom. The molecule has 0 radical (unpaired) electrons. The second-order valence-corrected chi connectivity index (χ2v) is 6.93. The Bertz CT molecular complexity index is 526. The molecule has 2 unspecified atom stereocenters. The first kappa shape index (κ1) is 15.5. The lowest BCUT2D eigenvalue weighted by molar-refractivity contribution is -0.930. The second kappa shape index (κ2) is 6.78. The quantitative estimate of drug-likeness (QED) is 0.884. The van der Waals surface area contributed by atoms with Crippen LogP contribution in [0.25, 0.3) is 0 Å². The standard InChI is InChI=1S/C18H25FN2O/c1-14-4-2-7-17(12-14)20-8-10-21(11-9-20)18(22)15-5-3-6-16(19)13-15/h3,5-6,13-14,17H,2,4,7-12H2,1H3/p+1. The summed E-state index contributed by atoms with van der Waals surface area (Å²) in [5, 5.41) is 0. The van der Waals surface area contributed by atoms with E-state index in [0.29, 0.717) is 5.56 Å². The molecule has 0 bridgehead atoms.